The van der Waals surface area contributed by atoms with Crippen LogP contribution in [-0.4, -0.2) is 30.5 Å². The lowest BCUT2D eigenvalue weighted by atomic mass is 10.0. The van der Waals surface area contributed by atoms with Crippen molar-refractivity contribution in [2.75, 3.05) is 29.9 Å². The van der Waals surface area contributed by atoms with Crippen molar-refractivity contribution >= 4 is 35.0 Å². The molecular formula is C14H19ClN2OS. The minimum Gasteiger partial charge on any atom is -0.325 e. The second-order valence-electron chi connectivity index (χ2n) is 4.79. The quantitative estimate of drug-likeness (QED) is 0.878. The Kier molecular flexibility index (Phi) is 6.01. The molecule has 1 aliphatic rings. The van der Waals surface area contributed by atoms with Crippen LogP contribution in [0.3, 0.4) is 0 Å². The van der Waals surface area contributed by atoms with Crippen molar-refractivity contribution < 1.29 is 4.79 Å². The Morgan fingerprint density at radius 2 is 2.42 bits per heavy atom. The number of piperidine rings is 1. The third kappa shape index (κ3) is 5.43. The number of nitrogens with one attached hydrogen (secondary N) is 2. The Balaban J connectivity index is 1.67. The van der Waals surface area contributed by atoms with Gasteiger partial charge in [-0.25, -0.2) is 0 Å². The lowest BCUT2D eigenvalue weighted by molar-refractivity contribution is -0.113. The van der Waals surface area contributed by atoms with Crippen molar-refractivity contribution in [3.8, 4) is 0 Å². The van der Waals surface area contributed by atoms with Crippen LogP contribution in [0.5, 0.6) is 0 Å². The molecule has 1 fully saturated rings. The van der Waals surface area contributed by atoms with Gasteiger partial charge in [-0.3, -0.25) is 4.79 Å². The molecule has 1 saturated heterocycles. The number of carbonyl (C=O) groups is 1. The molecule has 1 amide bonds. The number of benzene rings is 1. The van der Waals surface area contributed by atoms with E-state index < -0.39 is 0 Å². The van der Waals surface area contributed by atoms with Gasteiger partial charge < -0.3 is 10.6 Å². The largest absolute Gasteiger partial charge is 0.325 e. The van der Waals surface area contributed by atoms with Gasteiger partial charge in [0.05, 0.1) is 5.75 Å². The molecule has 0 aromatic heterocycles. The SMILES string of the molecule is O=C(CSCC1CCCNC1)Nc1cccc(Cl)c1. The van der Waals surface area contributed by atoms with Crippen LogP contribution in [0.2, 0.25) is 5.02 Å². The van der Waals surface area contributed by atoms with E-state index in [9.17, 15) is 4.79 Å². The van der Waals surface area contributed by atoms with Crippen molar-refractivity contribution in [2.45, 2.75) is 12.8 Å². The van der Waals surface area contributed by atoms with Gasteiger partial charge in [0, 0.05) is 10.7 Å². The summed E-state index contributed by atoms with van der Waals surface area (Å²) >= 11 is 7.58. The topological polar surface area (TPSA) is 41.1 Å². The monoisotopic (exact) mass is 298 g/mol. The van der Waals surface area contributed by atoms with Gasteiger partial charge >= 0.3 is 0 Å². The first-order valence-electron chi connectivity index (χ1n) is 6.58. The van der Waals surface area contributed by atoms with Crippen molar-refractivity contribution in [3.05, 3.63) is 29.3 Å². The van der Waals surface area contributed by atoms with Gasteiger partial charge in [0.2, 0.25) is 5.91 Å². The van der Waals surface area contributed by atoms with Crippen LogP contribution in [0.25, 0.3) is 0 Å². The normalized spacial score (nSPS) is 19.1. The van der Waals surface area contributed by atoms with Crippen molar-refractivity contribution in [1.82, 2.24) is 5.32 Å². The highest BCUT2D eigenvalue weighted by molar-refractivity contribution is 7.99. The number of rotatable bonds is 5. The molecule has 1 atom stereocenters. The zero-order valence-electron chi connectivity index (χ0n) is 10.8. The van der Waals surface area contributed by atoms with Crippen LogP contribution in [0, 0.1) is 5.92 Å². The summed E-state index contributed by atoms with van der Waals surface area (Å²) in [6.45, 7) is 2.22. The Bertz CT molecular complexity index is 422. The molecule has 0 spiro atoms. The average molecular weight is 299 g/mol. The highest BCUT2D eigenvalue weighted by Gasteiger charge is 2.13. The highest BCUT2D eigenvalue weighted by atomic mass is 35.5. The van der Waals surface area contributed by atoms with Crippen molar-refractivity contribution in [1.29, 1.82) is 0 Å². The fourth-order valence-electron chi connectivity index (χ4n) is 2.15. The third-order valence-corrected chi connectivity index (χ3v) is 4.50. The summed E-state index contributed by atoms with van der Waals surface area (Å²) in [5.74, 6) is 2.30. The van der Waals surface area contributed by atoms with Crippen LogP contribution >= 0.6 is 23.4 Å². The maximum atomic E-state index is 11.8. The number of anilines is 1. The van der Waals surface area contributed by atoms with Crippen LogP contribution in [0.4, 0.5) is 5.69 Å². The molecule has 19 heavy (non-hydrogen) atoms. The first kappa shape index (κ1) is 14.7. The second kappa shape index (κ2) is 7.78. The molecule has 2 N–H and O–H groups in total. The van der Waals surface area contributed by atoms with Crippen molar-refractivity contribution in [2.24, 2.45) is 5.92 Å². The Morgan fingerprint density at radius 1 is 1.53 bits per heavy atom. The lowest BCUT2D eigenvalue weighted by Gasteiger charge is -2.22. The minimum atomic E-state index is 0.0380. The molecule has 0 bridgehead atoms. The molecule has 1 aliphatic heterocycles. The highest BCUT2D eigenvalue weighted by Crippen LogP contribution is 2.18. The van der Waals surface area contributed by atoms with Crippen LogP contribution in [0.1, 0.15) is 12.8 Å². The van der Waals surface area contributed by atoms with E-state index in [2.05, 4.69) is 10.6 Å². The number of carbonyl (C=O) groups excluding carboxylic acids is 1. The zero-order valence-corrected chi connectivity index (χ0v) is 12.4. The second-order valence-corrected chi connectivity index (χ2v) is 6.25. The fourth-order valence-corrected chi connectivity index (χ4v) is 3.33. The first-order chi connectivity index (χ1) is 9.24. The smallest absolute Gasteiger partial charge is 0.234 e. The third-order valence-electron chi connectivity index (χ3n) is 3.09. The van der Waals surface area contributed by atoms with Gasteiger partial charge in [-0.2, -0.15) is 11.8 Å². The fraction of sp³-hybridized carbons (Fsp3) is 0.500. The van der Waals surface area contributed by atoms with Gasteiger partial charge in [0.1, 0.15) is 0 Å². The van der Waals surface area contributed by atoms with E-state index in [1.807, 2.05) is 12.1 Å². The Labute approximate surface area is 123 Å². The van der Waals surface area contributed by atoms with Gasteiger partial charge in [0.15, 0.2) is 0 Å². The number of hydrogen-bond acceptors (Lipinski definition) is 3. The Morgan fingerprint density at radius 3 is 3.16 bits per heavy atom. The van der Waals surface area contributed by atoms with E-state index in [1.54, 1.807) is 23.9 Å². The molecule has 0 saturated carbocycles. The molecule has 1 aromatic rings. The van der Waals surface area contributed by atoms with Gasteiger partial charge in [-0.15, -0.1) is 0 Å². The van der Waals surface area contributed by atoms with Crippen LogP contribution in [-0.2, 0) is 4.79 Å². The van der Waals surface area contributed by atoms with Crippen LogP contribution < -0.4 is 10.6 Å². The summed E-state index contributed by atoms with van der Waals surface area (Å²) < 4.78 is 0. The number of hydrogen-bond donors (Lipinski definition) is 2. The van der Waals surface area contributed by atoms with Gasteiger partial charge in [-0.05, 0) is 55.8 Å². The van der Waals surface area contributed by atoms with Gasteiger partial charge in [0.25, 0.3) is 0 Å². The molecule has 0 radical (unpaired) electrons. The number of amides is 1. The number of thioether (sulfide) groups is 1. The van der Waals surface area contributed by atoms with Crippen LogP contribution in [0.15, 0.2) is 24.3 Å². The van der Waals surface area contributed by atoms with E-state index in [4.69, 9.17) is 11.6 Å². The maximum Gasteiger partial charge on any atom is 0.234 e. The van der Waals surface area contributed by atoms with E-state index >= 15 is 0 Å². The van der Waals surface area contributed by atoms with Gasteiger partial charge in [-0.1, -0.05) is 17.7 Å². The summed E-state index contributed by atoms with van der Waals surface area (Å²) in [6.07, 6.45) is 2.52. The molecule has 104 valence electrons. The molecule has 2 rings (SSSR count). The predicted octanol–water partition coefficient (Wildman–Crippen LogP) is 3.01. The predicted molar refractivity (Wildman–Crippen MR) is 83.0 cm³/mol. The van der Waals surface area contributed by atoms with E-state index in [0.29, 0.717) is 16.7 Å². The molecule has 1 aromatic carbocycles. The van der Waals surface area contributed by atoms with Crippen molar-refractivity contribution in [3.63, 3.8) is 0 Å². The molecular weight excluding hydrogens is 280 g/mol. The van der Waals surface area contributed by atoms with E-state index in [0.717, 1.165) is 24.5 Å². The summed E-state index contributed by atoms with van der Waals surface area (Å²) in [6, 6.07) is 7.23. The summed E-state index contributed by atoms with van der Waals surface area (Å²) in [4.78, 5) is 11.8. The first-order valence-corrected chi connectivity index (χ1v) is 8.11. The summed E-state index contributed by atoms with van der Waals surface area (Å²) in [5, 5.41) is 6.89. The minimum absolute atomic E-state index is 0.0380. The van der Waals surface area contributed by atoms with E-state index in [-0.39, 0.29) is 5.91 Å². The average Bonchev–Trinajstić information content (AvgIpc) is 2.40. The zero-order chi connectivity index (χ0) is 13.5. The molecule has 1 unspecified atom stereocenters. The molecule has 3 nitrogen and oxygen atoms in total. The summed E-state index contributed by atoms with van der Waals surface area (Å²) in [7, 11) is 0. The summed E-state index contributed by atoms with van der Waals surface area (Å²) in [5.41, 5.74) is 0.762. The van der Waals surface area contributed by atoms with E-state index in [1.165, 1.54) is 12.8 Å². The Hall–Kier alpha value is -0.710. The molecule has 5 heteroatoms. The molecule has 0 aliphatic carbocycles. The maximum absolute atomic E-state index is 11.8. The number of halogens is 1. The molecule has 1 heterocycles. The standard InChI is InChI=1S/C14H19ClN2OS/c15-12-4-1-5-13(7-12)17-14(18)10-19-9-11-3-2-6-16-8-11/h1,4-5,7,11,16H,2-3,6,8-10H2,(H,17,18). The lowest BCUT2D eigenvalue weighted by Crippen LogP contribution is -2.31.